The Balaban J connectivity index is 0.00000338. The molecular weight excluding hydrogens is 463 g/mol. The molecule has 2 aromatic carbocycles. The molecule has 142 valence electrons. The van der Waals surface area contributed by atoms with E-state index in [-0.39, 0.29) is 47.9 Å². The molecule has 0 radical (unpaired) electrons. The lowest BCUT2D eigenvalue weighted by Crippen LogP contribution is -2.28. The number of halogens is 1. The van der Waals surface area contributed by atoms with Gasteiger partial charge in [0, 0.05) is 12.2 Å². The molecule has 0 saturated heterocycles. The molecule has 8 heteroatoms. The smallest absolute Gasteiger partial charge is 0.240 e. The Morgan fingerprint density at radius 1 is 1.04 bits per heavy atom. The SMILES string of the molecule is Cc1ccc(S(=O)(=O)NCCN=C(N)Nc2ccc(C)c(C)c2)cc1.I. The van der Waals surface area contributed by atoms with Crippen molar-refractivity contribution in [2.75, 3.05) is 18.4 Å². The van der Waals surface area contributed by atoms with Crippen molar-refractivity contribution in [3.63, 3.8) is 0 Å². The molecule has 0 aliphatic carbocycles. The van der Waals surface area contributed by atoms with E-state index >= 15 is 0 Å². The maximum Gasteiger partial charge on any atom is 0.240 e. The van der Waals surface area contributed by atoms with Crippen molar-refractivity contribution in [2.24, 2.45) is 10.7 Å². The average Bonchev–Trinajstić information content (AvgIpc) is 2.55. The van der Waals surface area contributed by atoms with Crippen LogP contribution in [-0.2, 0) is 10.0 Å². The van der Waals surface area contributed by atoms with Crippen LogP contribution in [0.2, 0.25) is 0 Å². The molecule has 0 amide bonds. The third kappa shape index (κ3) is 6.58. The number of aryl methyl sites for hydroxylation is 3. The third-order valence-corrected chi connectivity index (χ3v) is 5.27. The molecule has 2 rings (SSSR count). The van der Waals surface area contributed by atoms with E-state index in [1.165, 1.54) is 5.56 Å². The van der Waals surface area contributed by atoms with Crippen LogP contribution in [-0.4, -0.2) is 27.5 Å². The maximum atomic E-state index is 12.1. The predicted octanol–water partition coefficient (Wildman–Crippen LogP) is 2.93. The van der Waals surface area contributed by atoms with Gasteiger partial charge in [0.05, 0.1) is 11.4 Å². The van der Waals surface area contributed by atoms with Crippen molar-refractivity contribution >= 4 is 45.6 Å². The summed E-state index contributed by atoms with van der Waals surface area (Å²) < 4.78 is 26.8. The number of nitrogens with two attached hydrogens (primary N) is 1. The van der Waals surface area contributed by atoms with Gasteiger partial charge in [-0.15, -0.1) is 24.0 Å². The summed E-state index contributed by atoms with van der Waals surface area (Å²) in [4.78, 5) is 4.38. The molecule has 0 fully saturated rings. The minimum atomic E-state index is -3.52. The Morgan fingerprint density at radius 2 is 1.69 bits per heavy atom. The van der Waals surface area contributed by atoms with Gasteiger partial charge in [0.2, 0.25) is 10.0 Å². The predicted molar refractivity (Wildman–Crippen MR) is 118 cm³/mol. The maximum absolute atomic E-state index is 12.1. The fraction of sp³-hybridized carbons (Fsp3) is 0.278. The van der Waals surface area contributed by atoms with Crippen LogP contribution in [0.3, 0.4) is 0 Å². The first kappa shape index (κ1) is 22.4. The Kier molecular flexibility index (Phi) is 8.51. The number of nitrogens with zero attached hydrogens (tertiary/aromatic N) is 1. The van der Waals surface area contributed by atoms with Gasteiger partial charge in [-0.2, -0.15) is 0 Å². The van der Waals surface area contributed by atoms with E-state index in [0.717, 1.165) is 16.8 Å². The van der Waals surface area contributed by atoms with E-state index in [0.29, 0.717) is 0 Å². The van der Waals surface area contributed by atoms with Gasteiger partial charge < -0.3 is 11.1 Å². The fourth-order valence-electron chi connectivity index (χ4n) is 2.16. The van der Waals surface area contributed by atoms with Crippen LogP contribution in [0.5, 0.6) is 0 Å². The molecule has 0 saturated carbocycles. The second kappa shape index (κ2) is 9.89. The molecule has 0 aliphatic heterocycles. The summed E-state index contributed by atoms with van der Waals surface area (Å²) in [7, 11) is -3.52. The van der Waals surface area contributed by atoms with Crippen LogP contribution in [0.4, 0.5) is 5.69 Å². The summed E-state index contributed by atoms with van der Waals surface area (Å²) in [6.07, 6.45) is 0. The summed E-state index contributed by atoms with van der Waals surface area (Å²) in [6.45, 7) is 6.38. The topological polar surface area (TPSA) is 96.6 Å². The van der Waals surface area contributed by atoms with E-state index in [4.69, 9.17) is 5.73 Å². The lowest BCUT2D eigenvalue weighted by molar-refractivity contribution is 0.582. The highest BCUT2D eigenvalue weighted by molar-refractivity contribution is 14.0. The highest BCUT2D eigenvalue weighted by Crippen LogP contribution is 2.13. The molecule has 2 aromatic rings. The van der Waals surface area contributed by atoms with Gasteiger partial charge in [-0.05, 0) is 56.2 Å². The van der Waals surface area contributed by atoms with Gasteiger partial charge in [0.15, 0.2) is 5.96 Å². The van der Waals surface area contributed by atoms with Crippen LogP contribution in [0.25, 0.3) is 0 Å². The van der Waals surface area contributed by atoms with Gasteiger partial charge in [-0.3, -0.25) is 4.99 Å². The van der Waals surface area contributed by atoms with Gasteiger partial charge in [0.25, 0.3) is 0 Å². The number of hydrogen-bond donors (Lipinski definition) is 3. The molecule has 6 nitrogen and oxygen atoms in total. The van der Waals surface area contributed by atoms with E-state index in [9.17, 15) is 8.42 Å². The minimum absolute atomic E-state index is 0. The standard InChI is InChI=1S/C18H24N4O2S.HI/c1-13-4-8-17(9-5-13)25(23,24)21-11-10-20-18(19)22-16-7-6-14(2)15(3)12-16;/h4-9,12,21H,10-11H2,1-3H3,(H3,19,20,22);1H. The van der Waals surface area contributed by atoms with Crippen LogP contribution in [0, 0.1) is 20.8 Å². The van der Waals surface area contributed by atoms with Crippen LogP contribution in [0.1, 0.15) is 16.7 Å². The number of benzene rings is 2. The number of sulfonamides is 1. The van der Waals surface area contributed by atoms with Crippen molar-refractivity contribution in [3.8, 4) is 0 Å². The van der Waals surface area contributed by atoms with Gasteiger partial charge in [-0.1, -0.05) is 23.8 Å². The van der Waals surface area contributed by atoms with E-state index < -0.39 is 10.0 Å². The molecule has 26 heavy (non-hydrogen) atoms. The Labute approximate surface area is 172 Å². The van der Waals surface area contributed by atoms with Crippen molar-refractivity contribution in [1.82, 2.24) is 4.72 Å². The summed E-state index contributed by atoms with van der Waals surface area (Å²) >= 11 is 0. The zero-order valence-electron chi connectivity index (χ0n) is 15.1. The lowest BCUT2D eigenvalue weighted by Gasteiger charge is -2.09. The monoisotopic (exact) mass is 488 g/mol. The van der Waals surface area contributed by atoms with Gasteiger partial charge >= 0.3 is 0 Å². The first-order chi connectivity index (χ1) is 11.8. The normalized spacial score (nSPS) is 11.7. The molecule has 0 unspecified atom stereocenters. The Morgan fingerprint density at radius 3 is 2.31 bits per heavy atom. The van der Waals surface area contributed by atoms with Crippen molar-refractivity contribution in [3.05, 3.63) is 59.2 Å². The summed E-state index contributed by atoms with van der Waals surface area (Å²) in [5.74, 6) is 0.248. The second-order valence-corrected chi connectivity index (χ2v) is 7.67. The molecular formula is C18H25IN4O2S. The zero-order chi connectivity index (χ0) is 18.4. The Bertz CT molecular complexity index is 865. The number of hydrogen-bond acceptors (Lipinski definition) is 3. The highest BCUT2D eigenvalue weighted by Gasteiger charge is 2.12. The molecule has 4 N–H and O–H groups in total. The van der Waals surface area contributed by atoms with Gasteiger partial charge in [0.1, 0.15) is 0 Å². The molecule has 0 heterocycles. The second-order valence-electron chi connectivity index (χ2n) is 5.90. The van der Waals surface area contributed by atoms with Gasteiger partial charge in [-0.25, -0.2) is 13.1 Å². The lowest BCUT2D eigenvalue weighted by atomic mass is 10.1. The average molecular weight is 488 g/mol. The van der Waals surface area contributed by atoms with E-state index in [2.05, 4.69) is 15.0 Å². The van der Waals surface area contributed by atoms with Crippen molar-refractivity contribution in [2.45, 2.75) is 25.7 Å². The Hall–Kier alpha value is -1.65. The zero-order valence-corrected chi connectivity index (χ0v) is 18.3. The van der Waals surface area contributed by atoms with E-state index in [1.807, 2.05) is 39.0 Å². The molecule has 0 spiro atoms. The van der Waals surface area contributed by atoms with Crippen molar-refractivity contribution < 1.29 is 8.42 Å². The number of nitrogens with one attached hydrogen (secondary N) is 2. The summed E-state index contributed by atoms with van der Waals surface area (Å²) in [5.41, 5.74) is 10.0. The molecule has 0 aromatic heterocycles. The summed E-state index contributed by atoms with van der Waals surface area (Å²) in [6, 6.07) is 12.6. The molecule has 0 aliphatic rings. The largest absolute Gasteiger partial charge is 0.370 e. The highest BCUT2D eigenvalue weighted by atomic mass is 127. The molecule has 0 atom stereocenters. The van der Waals surface area contributed by atoms with Crippen LogP contribution in [0.15, 0.2) is 52.4 Å². The first-order valence-electron chi connectivity index (χ1n) is 7.98. The van der Waals surface area contributed by atoms with Crippen LogP contribution < -0.4 is 15.8 Å². The molecule has 0 bridgehead atoms. The fourth-order valence-corrected chi connectivity index (χ4v) is 3.18. The van der Waals surface area contributed by atoms with E-state index in [1.54, 1.807) is 24.3 Å². The number of rotatable bonds is 6. The first-order valence-corrected chi connectivity index (χ1v) is 9.47. The summed E-state index contributed by atoms with van der Waals surface area (Å²) in [5, 5.41) is 3.00. The number of guanidine groups is 1. The quantitative estimate of drug-likeness (QED) is 0.252. The number of aliphatic imine (C=N–C) groups is 1. The number of anilines is 1. The van der Waals surface area contributed by atoms with Crippen molar-refractivity contribution in [1.29, 1.82) is 0 Å². The minimum Gasteiger partial charge on any atom is -0.370 e. The van der Waals surface area contributed by atoms with Crippen LogP contribution >= 0.6 is 24.0 Å². The third-order valence-electron chi connectivity index (χ3n) is 3.80.